The summed E-state index contributed by atoms with van der Waals surface area (Å²) in [5.41, 5.74) is 4.29. The average molecular weight is 401 g/mol. The second-order valence-corrected chi connectivity index (χ2v) is 7.11. The Morgan fingerprint density at radius 1 is 1.13 bits per heavy atom. The number of hydrogen-bond donors (Lipinski definition) is 2. The van der Waals surface area contributed by atoms with Crippen molar-refractivity contribution in [2.45, 2.75) is 12.8 Å². The molecule has 1 fully saturated rings. The highest BCUT2D eigenvalue weighted by molar-refractivity contribution is 6.05. The SMILES string of the molecule is CCOc1ccc2ccccc2c1/C=N/NC(=O)[C@H]1C(=O)NC[C@@H]1c1ccccc1. The minimum absolute atomic E-state index is 0.217. The summed E-state index contributed by atoms with van der Waals surface area (Å²) in [4.78, 5) is 25.1. The molecular weight excluding hydrogens is 378 g/mol. The largest absolute Gasteiger partial charge is 0.493 e. The van der Waals surface area contributed by atoms with E-state index in [4.69, 9.17) is 4.74 Å². The Balaban J connectivity index is 1.56. The van der Waals surface area contributed by atoms with E-state index >= 15 is 0 Å². The van der Waals surface area contributed by atoms with Gasteiger partial charge in [0.25, 0.3) is 5.91 Å². The Kier molecular flexibility index (Phi) is 5.75. The predicted molar refractivity (Wildman–Crippen MR) is 117 cm³/mol. The third kappa shape index (κ3) is 3.89. The van der Waals surface area contributed by atoms with Crippen LogP contribution in [0.3, 0.4) is 0 Å². The molecule has 2 atom stereocenters. The van der Waals surface area contributed by atoms with Gasteiger partial charge in [0.2, 0.25) is 5.91 Å². The van der Waals surface area contributed by atoms with Gasteiger partial charge in [-0.25, -0.2) is 5.43 Å². The van der Waals surface area contributed by atoms with Gasteiger partial charge in [0, 0.05) is 18.0 Å². The number of rotatable bonds is 6. The molecule has 1 aliphatic heterocycles. The molecule has 152 valence electrons. The van der Waals surface area contributed by atoms with Crippen LogP contribution in [0, 0.1) is 5.92 Å². The van der Waals surface area contributed by atoms with Gasteiger partial charge >= 0.3 is 0 Å². The molecule has 0 radical (unpaired) electrons. The summed E-state index contributed by atoms with van der Waals surface area (Å²) in [6.45, 7) is 2.87. The van der Waals surface area contributed by atoms with Crippen LogP contribution in [0.5, 0.6) is 5.75 Å². The van der Waals surface area contributed by atoms with E-state index in [0.717, 1.165) is 21.9 Å². The smallest absolute Gasteiger partial charge is 0.253 e. The number of carbonyl (C=O) groups is 2. The van der Waals surface area contributed by atoms with Gasteiger partial charge in [0.1, 0.15) is 11.7 Å². The van der Waals surface area contributed by atoms with Crippen molar-refractivity contribution in [1.29, 1.82) is 0 Å². The molecule has 6 heteroatoms. The maximum Gasteiger partial charge on any atom is 0.253 e. The first-order valence-corrected chi connectivity index (χ1v) is 9.99. The third-order valence-electron chi connectivity index (χ3n) is 5.29. The van der Waals surface area contributed by atoms with Crippen molar-refractivity contribution >= 4 is 28.8 Å². The van der Waals surface area contributed by atoms with Gasteiger partial charge in [-0.3, -0.25) is 9.59 Å². The molecule has 0 saturated carbocycles. The number of hydrogen-bond acceptors (Lipinski definition) is 4. The van der Waals surface area contributed by atoms with E-state index in [0.29, 0.717) is 18.9 Å². The maximum atomic E-state index is 12.8. The fraction of sp³-hybridized carbons (Fsp3) is 0.208. The van der Waals surface area contributed by atoms with Crippen LogP contribution in [0.15, 0.2) is 71.8 Å². The molecule has 3 aromatic carbocycles. The minimum atomic E-state index is -0.816. The van der Waals surface area contributed by atoms with Crippen molar-refractivity contribution in [2.75, 3.05) is 13.2 Å². The first kappa shape index (κ1) is 19.6. The molecule has 1 heterocycles. The Hall–Kier alpha value is -3.67. The second kappa shape index (κ2) is 8.78. The van der Waals surface area contributed by atoms with E-state index in [9.17, 15) is 9.59 Å². The number of ether oxygens (including phenoxy) is 1. The normalized spacial score (nSPS) is 18.5. The number of fused-ring (bicyclic) bond motifs is 1. The highest BCUT2D eigenvalue weighted by atomic mass is 16.5. The molecule has 0 bridgehead atoms. The molecule has 1 aliphatic rings. The van der Waals surface area contributed by atoms with Crippen molar-refractivity contribution in [3.05, 3.63) is 77.9 Å². The van der Waals surface area contributed by atoms with Crippen molar-refractivity contribution in [3.8, 4) is 5.75 Å². The van der Waals surface area contributed by atoms with E-state index in [1.165, 1.54) is 0 Å². The molecule has 2 N–H and O–H groups in total. The monoisotopic (exact) mass is 401 g/mol. The molecule has 0 unspecified atom stereocenters. The van der Waals surface area contributed by atoms with Crippen LogP contribution in [-0.2, 0) is 9.59 Å². The average Bonchev–Trinajstić information content (AvgIpc) is 3.17. The van der Waals surface area contributed by atoms with Gasteiger partial charge < -0.3 is 10.1 Å². The van der Waals surface area contributed by atoms with E-state index in [1.807, 2.05) is 73.7 Å². The van der Waals surface area contributed by atoms with Crippen molar-refractivity contribution in [1.82, 2.24) is 10.7 Å². The second-order valence-electron chi connectivity index (χ2n) is 7.11. The molecule has 30 heavy (non-hydrogen) atoms. The lowest BCUT2D eigenvalue weighted by molar-refractivity contribution is -0.133. The summed E-state index contributed by atoms with van der Waals surface area (Å²) in [6, 6.07) is 21.4. The van der Waals surface area contributed by atoms with E-state index < -0.39 is 11.8 Å². The van der Waals surface area contributed by atoms with Crippen LogP contribution in [0.25, 0.3) is 10.8 Å². The molecule has 3 aromatic rings. The molecule has 0 aromatic heterocycles. The van der Waals surface area contributed by atoms with Crippen molar-refractivity contribution in [2.24, 2.45) is 11.0 Å². The molecule has 6 nitrogen and oxygen atoms in total. The summed E-state index contributed by atoms with van der Waals surface area (Å²) in [5.74, 6) is -1.05. The number of nitrogens with one attached hydrogen (secondary N) is 2. The Labute approximate surface area is 174 Å². The van der Waals surface area contributed by atoms with E-state index in [2.05, 4.69) is 15.8 Å². The first-order valence-electron chi connectivity index (χ1n) is 9.99. The topological polar surface area (TPSA) is 79.8 Å². The third-order valence-corrected chi connectivity index (χ3v) is 5.29. The van der Waals surface area contributed by atoms with Crippen LogP contribution >= 0.6 is 0 Å². The minimum Gasteiger partial charge on any atom is -0.493 e. The van der Waals surface area contributed by atoms with Gasteiger partial charge in [-0.15, -0.1) is 0 Å². The van der Waals surface area contributed by atoms with E-state index in [-0.39, 0.29) is 11.8 Å². The number of amides is 2. The molecule has 1 saturated heterocycles. The van der Waals surface area contributed by atoms with Gasteiger partial charge in [-0.2, -0.15) is 5.10 Å². The summed E-state index contributed by atoms with van der Waals surface area (Å²) >= 11 is 0. The van der Waals surface area contributed by atoms with Crippen molar-refractivity contribution < 1.29 is 14.3 Å². The quantitative estimate of drug-likeness (QED) is 0.378. The van der Waals surface area contributed by atoms with Crippen LogP contribution in [0.2, 0.25) is 0 Å². The van der Waals surface area contributed by atoms with Gasteiger partial charge in [0.05, 0.1) is 12.8 Å². The summed E-state index contributed by atoms with van der Waals surface area (Å²) < 4.78 is 5.73. The lowest BCUT2D eigenvalue weighted by Gasteiger charge is -2.15. The zero-order chi connectivity index (χ0) is 20.9. The molecule has 2 amide bonds. The standard InChI is InChI=1S/C24H23N3O3/c1-2-30-21-13-12-17-10-6-7-11-18(17)20(21)15-26-27-24(29)22-19(14-25-23(22)28)16-8-4-3-5-9-16/h3-13,15,19,22H,2,14H2,1H3,(H,25,28)(H,27,29)/b26-15+/t19-,22-/m1/s1. The Bertz CT molecular complexity index is 1100. The fourth-order valence-electron chi connectivity index (χ4n) is 3.85. The maximum absolute atomic E-state index is 12.8. The number of hydrazone groups is 1. The van der Waals surface area contributed by atoms with E-state index in [1.54, 1.807) is 6.21 Å². The number of carbonyl (C=O) groups excluding carboxylic acids is 2. The fourth-order valence-corrected chi connectivity index (χ4v) is 3.85. The van der Waals surface area contributed by atoms with Crippen LogP contribution in [0.4, 0.5) is 0 Å². The van der Waals surface area contributed by atoms with Gasteiger partial charge in [-0.1, -0.05) is 60.7 Å². The molecule has 0 aliphatic carbocycles. The van der Waals surface area contributed by atoms with Crippen LogP contribution in [-0.4, -0.2) is 31.2 Å². The van der Waals surface area contributed by atoms with Gasteiger partial charge in [-0.05, 0) is 29.3 Å². The van der Waals surface area contributed by atoms with Crippen LogP contribution in [0.1, 0.15) is 24.0 Å². The Morgan fingerprint density at radius 3 is 2.70 bits per heavy atom. The molecule has 0 spiro atoms. The predicted octanol–water partition coefficient (Wildman–Crippen LogP) is 3.22. The highest BCUT2D eigenvalue weighted by Gasteiger charge is 2.40. The lowest BCUT2D eigenvalue weighted by atomic mass is 9.88. The zero-order valence-corrected chi connectivity index (χ0v) is 16.7. The van der Waals surface area contributed by atoms with Crippen molar-refractivity contribution in [3.63, 3.8) is 0 Å². The number of nitrogens with zero attached hydrogens (tertiary/aromatic N) is 1. The summed E-state index contributed by atoms with van der Waals surface area (Å²) in [6.07, 6.45) is 1.58. The zero-order valence-electron chi connectivity index (χ0n) is 16.7. The lowest BCUT2D eigenvalue weighted by Crippen LogP contribution is -2.34. The Morgan fingerprint density at radius 2 is 1.90 bits per heavy atom. The molecular formula is C24H23N3O3. The number of benzene rings is 3. The molecule has 4 rings (SSSR count). The summed E-state index contributed by atoms with van der Waals surface area (Å²) in [5, 5.41) is 8.97. The summed E-state index contributed by atoms with van der Waals surface area (Å²) in [7, 11) is 0. The van der Waals surface area contributed by atoms with Crippen LogP contribution < -0.4 is 15.5 Å². The first-order chi connectivity index (χ1) is 14.7. The highest BCUT2D eigenvalue weighted by Crippen LogP contribution is 2.29. The van der Waals surface area contributed by atoms with Gasteiger partial charge in [0.15, 0.2) is 0 Å².